The van der Waals surface area contributed by atoms with Crippen LogP contribution in [0.1, 0.15) is 71.1 Å². The molecule has 0 amide bonds. The number of nitrogens with zero attached hydrogens (tertiary/aromatic N) is 2. The highest BCUT2D eigenvalue weighted by Crippen LogP contribution is 2.27. The van der Waals surface area contributed by atoms with Crippen molar-refractivity contribution >= 4 is 10.8 Å². The zero-order valence-corrected chi connectivity index (χ0v) is 16.7. The molecule has 4 nitrogen and oxygen atoms in total. The normalized spacial score (nSPS) is 12.4. The van der Waals surface area contributed by atoms with E-state index in [1.54, 1.807) is 0 Å². The minimum absolute atomic E-state index is 0.305. The molecule has 0 bridgehead atoms. The summed E-state index contributed by atoms with van der Waals surface area (Å²) in [7, 11) is 0. The van der Waals surface area contributed by atoms with Gasteiger partial charge in [0.25, 0.3) is 0 Å². The molecule has 144 valence electrons. The molecular formula is C23H30N2O2. The summed E-state index contributed by atoms with van der Waals surface area (Å²) in [5.74, 6) is 2.63. The second-order valence-electron chi connectivity index (χ2n) is 7.28. The average molecular weight is 367 g/mol. The summed E-state index contributed by atoms with van der Waals surface area (Å²) in [6.45, 7) is 7.32. The predicted octanol–water partition coefficient (Wildman–Crippen LogP) is 6.75. The van der Waals surface area contributed by atoms with Crippen molar-refractivity contribution in [1.82, 2.24) is 10.1 Å². The second kappa shape index (κ2) is 9.54. The molecule has 1 atom stereocenters. The van der Waals surface area contributed by atoms with Crippen molar-refractivity contribution in [3.63, 3.8) is 0 Å². The quantitative estimate of drug-likeness (QED) is 0.372. The van der Waals surface area contributed by atoms with Gasteiger partial charge in [-0.2, -0.15) is 4.98 Å². The minimum Gasteiger partial charge on any atom is -0.494 e. The van der Waals surface area contributed by atoms with Gasteiger partial charge in [-0.3, -0.25) is 0 Å². The van der Waals surface area contributed by atoms with Gasteiger partial charge < -0.3 is 9.26 Å². The highest BCUT2D eigenvalue weighted by molar-refractivity contribution is 5.87. The maximum absolute atomic E-state index is 5.85. The highest BCUT2D eigenvalue weighted by atomic mass is 16.5. The van der Waals surface area contributed by atoms with Gasteiger partial charge in [-0.1, -0.05) is 69.8 Å². The molecule has 0 saturated carbocycles. The predicted molar refractivity (Wildman–Crippen MR) is 110 cm³/mol. The average Bonchev–Trinajstić information content (AvgIpc) is 3.19. The fraction of sp³-hybridized carbons (Fsp3) is 0.478. The zero-order chi connectivity index (χ0) is 19.1. The SMILES string of the molecule is CCCCCOc1ccc2cc(-c3noc([C@@H](C)CCCC)n3)ccc2c1. The Labute approximate surface area is 161 Å². The van der Waals surface area contributed by atoms with Crippen molar-refractivity contribution in [3.05, 3.63) is 42.3 Å². The number of hydrogen-bond acceptors (Lipinski definition) is 4. The largest absolute Gasteiger partial charge is 0.494 e. The number of unbranched alkanes of at least 4 members (excludes halogenated alkanes) is 3. The van der Waals surface area contributed by atoms with E-state index >= 15 is 0 Å². The van der Waals surface area contributed by atoms with Crippen molar-refractivity contribution in [2.24, 2.45) is 0 Å². The lowest BCUT2D eigenvalue weighted by Gasteiger charge is -2.07. The maximum atomic E-state index is 5.85. The summed E-state index contributed by atoms with van der Waals surface area (Å²) >= 11 is 0. The van der Waals surface area contributed by atoms with Gasteiger partial charge in [0.15, 0.2) is 0 Å². The first-order valence-corrected chi connectivity index (χ1v) is 10.2. The van der Waals surface area contributed by atoms with Crippen LogP contribution in [0.5, 0.6) is 5.75 Å². The lowest BCUT2D eigenvalue weighted by Crippen LogP contribution is -1.96. The van der Waals surface area contributed by atoms with E-state index in [4.69, 9.17) is 9.26 Å². The highest BCUT2D eigenvalue weighted by Gasteiger charge is 2.15. The Kier molecular flexibility index (Phi) is 6.86. The van der Waals surface area contributed by atoms with E-state index in [0.29, 0.717) is 11.7 Å². The van der Waals surface area contributed by atoms with Crippen molar-refractivity contribution in [2.45, 2.75) is 65.2 Å². The van der Waals surface area contributed by atoms with Gasteiger partial charge in [-0.25, -0.2) is 0 Å². The smallest absolute Gasteiger partial charge is 0.229 e. The molecule has 0 spiro atoms. The number of hydrogen-bond donors (Lipinski definition) is 0. The fourth-order valence-corrected chi connectivity index (χ4v) is 3.18. The van der Waals surface area contributed by atoms with Gasteiger partial charge in [-0.15, -0.1) is 0 Å². The van der Waals surface area contributed by atoms with Gasteiger partial charge in [-0.05, 0) is 41.8 Å². The fourth-order valence-electron chi connectivity index (χ4n) is 3.18. The van der Waals surface area contributed by atoms with Crippen LogP contribution < -0.4 is 4.74 Å². The first kappa shape index (κ1) is 19.4. The van der Waals surface area contributed by atoms with E-state index in [1.807, 2.05) is 6.07 Å². The Hall–Kier alpha value is -2.36. The van der Waals surface area contributed by atoms with Crippen LogP contribution >= 0.6 is 0 Å². The molecule has 0 unspecified atom stereocenters. The van der Waals surface area contributed by atoms with E-state index < -0.39 is 0 Å². The molecule has 0 N–H and O–H groups in total. The summed E-state index contributed by atoms with van der Waals surface area (Å²) in [6, 6.07) is 12.5. The van der Waals surface area contributed by atoms with E-state index in [-0.39, 0.29) is 0 Å². The lowest BCUT2D eigenvalue weighted by molar-refractivity contribution is 0.306. The van der Waals surface area contributed by atoms with Crippen LogP contribution in [-0.2, 0) is 0 Å². The molecule has 2 aromatic carbocycles. The Morgan fingerprint density at radius 1 is 0.963 bits per heavy atom. The van der Waals surface area contributed by atoms with Crippen molar-refractivity contribution in [2.75, 3.05) is 6.61 Å². The summed E-state index contributed by atoms with van der Waals surface area (Å²) < 4.78 is 11.3. The molecule has 4 heteroatoms. The van der Waals surface area contributed by atoms with Gasteiger partial charge in [0, 0.05) is 11.5 Å². The third-order valence-electron chi connectivity index (χ3n) is 4.94. The van der Waals surface area contributed by atoms with E-state index in [1.165, 1.54) is 25.7 Å². The molecule has 3 aromatic rings. The van der Waals surface area contributed by atoms with Gasteiger partial charge >= 0.3 is 0 Å². The summed E-state index contributed by atoms with van der Waals surface area (Å²) in [6.07, 6.45) is 6.96. The molecule has 0 fully saturated rings. The molecule has 1 aromatic heterocycles. The number of aromatic nitrogens is 2. The van der Waals surface area contributed by atoms with Gasteiger partial charge in [0.2, 0.25) is 11.7 Å². The standard InChI is InChI=1S/C23H30N2O2/c1-4-6-8-14-26-21-13-12-18-15-20(11-10-19(18)16-21)22-24-23(27-25-22)17(3)9-7-5-2/h10-13,15-17H,4-9,14H2,1-3H3/t17-/m0/s1. The topological polar surface area (TPSA) is 48.2 Å². The van der Waals surface area contributed by atoms with E-state index in [0.717, 1.165) is 47.4 Å². The number of ether oxygens (including phenoxy) is 1. The van der Waals surface area contributed by atoms with Crippen LogP contribution in [0.4, 0.5) is 0 Å². The number of benzene rings is 2. The molecule has 0 aliphatic heterocycles. The third-order valence-corrected chi connectivity index (χ3v) is 4.94. The molecule has 0 saturated heterocycles. The summed E-state index contributed by atoms with van der Waals surface area (Å²) in [5.41, 5.74) is 0.983. The van der Waals surface area contributed by atoms with Crippen LogP contribution in [0.25, 0.3) is 22.2 Å². The molecule has 27 heavy (non-hydrogen) atoms. The molecule has 0 aliphatic rings. The van der Waals surface area contributed by atoms with Crippen molar-refractivity contribution < 1.29 is 9.26 Å². The van der Waals surface area contributed by atoms with Gasteiger partial charge in [0.05, 0.1) is 6.61 Å². The zero-order valence-electron chi connectivity index (χ0n) is 16.7. The molecule has 0 aliphatic carbocycles. The summed E-state index contributed by atoms with van der Waals surface area (Å²) in [4.78, 5) is 4.61. The lowest BCUT2D eigenvalue weighted by atomic mass is 10.0. The molecule has 0 radical (unpaired) electrons. The molecule has 3 rings (SSSR count). The number of rotatable bonds is 10. The van der Waals surface area contributed by atoms with E-state index in [9.17, 15) is 0 Å². The van der Waals surface area contributed by atoms with Crippen molar-refractivity contribution in [3.8, 4) is 17.1 Å². The Bertz CT molecular complexity index is 856. The van der Waals surface area contributed by atoms with Crippen LogP contribution in [0.2, 0.25) is 0 Å². The minimum atomic E-state index is 0.305. The monoisotopic (exact) mass is 366 g/mol. The van der Waals surface area contributed by atoms with Crippen LogP contribution in [0.15, 0.2) is 40.9 Å². The second-order valence-corrected chi connectivity index (χ2v) is 7.28. The van der Waals surface area contributed by atoms with Crippen LogP contribution in [-0.4, -0.2) is 16.7 Å². The summed E-state index contributed by atoms with van der Waals surface area (Å²) in [5, 5.41) is 6.50. The van der Waals surface area contributed by atoms with Crippen LogP contribution in [0, 0.1) is 0 Å². The first-order valence-electron chi connectivity index (χ1n) is 10.2. The molecule has 1 heterocycles. The Morgan fingerprint density at radius 3 is 2.56 bits per heavy atom. The number of fused-ring (bicyclic) bond motifs is 1. The Morgan fingerprint density at radius 2 is 1.74 bits per heavy atom. The molecular weight excluding hydrogens is 336 g/mol. The Balaban J connectivity index is 1.72. The first-order chi connectivity index (χ1) is 13.2. The van der Waals surface area contributed by atoms with Gasteiger partial charge in [0.1, 0.15) is 5.75 Å². The third kappa shape index (κ3) is 5.09. The van der Waals surface area contributed by atoms with E-state index in [2.05, 4.69) is 61.2 Å². The maximum Gasteiger partial charge on any atom is 0.229 e. The van der Waals surface area contributed by atoms with Crippen LogP contribution in [0.3, 0.4) is 0 Å². The van der Waals surface area contributed by atoms with Crippen molar-refractivity contribution in [1.29, 1.82) is 0 Å².